The summed E-state index contributed by atoms with van der Waals surface area (Å²) in [5, 5.41) is 4.60. The van der Waals surface area contributed by atoms with E-state index in [1.807, 2.05) is 44.2 Å². The molecule has 7 nitrogen and oxygen atoms in total. The molecule has 5 aromatic rings. The summed E-state index contributed by atoms with van der Waals surface area (Å²) in [6, 6.07) is 15.9. The Morgan fingerprint density at radius 2 is 1.72 bits per heavy atom. The molecule has 4 heterocycles. The molecule has 0 bridgehead atoms. The van der Waals surface area contributed by atoms with Crippen LogP contribution in [0.15, 0.2) is 60.8 Å². The molecule has 1 aromatic carbocycles. The van der Waals surface area contributed by atoms with E-state index in [0.29, 0.717) is 23.6 Å². The van der Waals surface area contributed by atoms with Crippen molar-refractivity contribution in [3.8, 4) is 22.4 Å². The molecule has 0 aliphatic heterocycles. The molecular formula is C24H20FN7. The van der Waals surface area contributed by atoms with Crippen molar-refractivity contribution in [2.75, 3.05) is 5.73 Å². The van der Waals surface area contributed by atoms with Crippen LogP contribution in [0.25, 0.3) is 28.0 Å². The molecule has 0 aliphatic carbocycles. The lowest BCUT2D eigenvalue weighted by Gasteiger charge is -2.12. The van der Waals surface area contributed by atoms with Crippen LogP contribution < -0.4 is 5.73 Å². The van der Waals surface area contributed by atoms with Gasteiger partial charge in [-0.15, -0.1) is 5.10 Å². The highest BCUT2D eigenvalue weighted by atomic mass is 19.1. The smallest absolute Gasteiger partial charge is 0.223 e. The molecule has 0 saturated carbocycles. The fourth-order valence-corrected chi connectivity index (χ4v) is 3.72. The first-order chi connectivity index (χ1) is 15.5. The van der Waals surface area contributed by atoms with Gasteiger partial charge in [0.1, 0.15) is 5.82 Å². The van der Waals surface area contributed by atoms with Crippen LogP contribution in [0.2, 0.25) is 0 Å². The topological polar surface area (TPSA) is 94.9 Å². The van der Waals surface area contributed by atoms with Gasteiger partial charge in [-0.3, -0.25) is 9.97 Å². The number of benzene rings is 1. The first kappa shape index (κ1) is 19.7. The zero-order valence-electron chi connectivity index (χ0n) is 17.6. The van der Waals surface area contributed by atoms with E-state index in [4.69, 9.17) is 10.7 Å². The molecule has 0 saturated heterocycles. The number of aromatic nitrogens is 6. The summed E-state index contributed by atoms with van der Waals surface area (Å²) < 4.78 is 15.1. The van der Waals surface area contributed by atoms with Crippen molar-refractivity contribution >= 4 is 11.6 Å². The fourth-order valence-electron chi connectivity index (χ4n) is 3.72. The maximum Gasteiger partial charge on any atom is 0.223 e. The van der Waals surface area contributed by atoms with Gasteiger partial charge in [-0.1, -0.05) is 6.07 Å². The van der Waals surface area contributed by atoms with E-state index in [9.17, 15) is 4.39 Å². The predicted molar refractivity (Wildman–Crippen MR) is 120 cm³/mol. The lowest BCUT2D eigenvalue weighted by atomic mass is 10.0. The summed E-state index contributed by atoms with van der Waals surface area (Å²) in [5.41, 5.74) is 12.5. The van der Waals surface area contributed by atoms with Crippen molar-refractivity contribution < 1.29 is 4.39 Å². The quantitative estimate of drug-likeness (QED) is 0.464. The van der Waals surface area contributed by atoms with Gasteiger partial charge < -0.3 is 5.73 Å². The van der Waals surface area contributed by atoms with Gasteiger partial charge in [0.05, 0.1) is 17.7 Å². The third-order valence-electron chi connectivity index (χ3n) is 5.14. The Morgan fingerprint density at radius 3 is 2.47 bits per heavy atom. The van der Waals surface area contributed by atoms with Crippen molar-refractivity contribution in [3.63, 3.8) is 0 Å². The van der Waals surface area contributed by atoms with E-state index in [0.717, 1.165) is 33.8 Å². The first-order valence-electron chi connectivity index (χ1n) is 10.1. The Labute approximate surface area is 183 Å². The molecule has 8 heteroatoms. The number of hydrogen-bond acceptors (Lipinski definition) is 6. The fraction of sp³-hybridized carbons (Fsp3) is 0.125. The highest BCUT2D eigenvalue weighted by Crippen LogP contribution is 2.35. The van der Waals surface area contributed by atoms with Crippen LogP contribution >= 0.6 is 0 Å². The van der Waals surface area contributed by atoms with Crippen LogP contribution in [0.3, 0.4) is 0 Å². The van der Waals surface area contributed by atoms with E-state index in [1.54, 1.807) is 22.8 Å². The number of nitrogens with two attached hydrogens (primary N) is 1. The highest BCUT2D eigenvalue weighted by molar-refractivity contribution is 5.90. The van der Waals surface area contributed by atoms with Crippen molar-refractivity contribution in [2.45, 2.75) is 20.3 Å². The minimum absolute atomic E-state index is 0.199. The average molecular weight is 425 g/mol. The average Bonchev–Trinajstić information content (AvgIpc) is 3.18. The van der Waals surface area contributed by atoms with E-state index < -0.39 is 0 Å². The maximum atomic E-state index is 13.6. The first-order valence-corrected chi connectivity index (χ1v) is 10.1. The van der Waals surface area contributed by atoms with Crippen LogP contribution in [-0.2, 0) is 6.42 Å². The Morgan fingerprint density at radius 1 is 0.906 bits per heavy atom. The molecule has 0 atom stereocenters. The maximum absolute atomic E-state index is 13.6. The number of halogens is 1. The van der Waals surface area contributed by atoms with Gasteiger partial charge >= 0.3 is 0 Å². The molecule has 0 aliphatic rings. The molecule has 5 rings (SSSR count). The van der Waals surface area contributed by atoms with Gasteiger partial charge in [0.15, 0.2) is 11.5 Å². The van der Waals surface area contributed by atoms with Crippen molar-refractivity contribution in [2.24, 2.45) is 0 Å². The second-order valence-electron chi connectivity index (χ2n) is 7.60. The third kappa shape index (κ3) is 3.66. The summed E-state index contributed by atoms with van der Waals surface area (Å²) in [4.78, 5) is 18.3. The standard InChI is InChI=1S/C24H20FN7/c1-14-4-3-5-19(28-14)13-20-29-23-21(17-10-11-27-15(2)12-17)22(30-24(26)32(23)31-20)16-6-8-18(25)9-7-16/h3-12H,13H2,1-2H3,(H2,26,30). The number of hydrogen-bond donors (Lipinski definition) is 1. The summed E-state index contributed by atoms with van der Waals surface area (Å²) in [5.74, 6) is 0.462. The lowest BCUT2D eigenvalue weighted by Crippen LogP contribution is -2.06. The van der Waals surface area contributed by atoms with Crippen molar-refractivity contribution in [1.29, 1.82) is 0 Å². The van der Waals surface area contributed by atoms with Gasteiger partial charge in [0, 0.05) is 28.8 Å². The largest absolute Gasteiger partial charge is 0.368 e. The van der Waals surface area contributed by atoms with Crippen LogP contribution in [0.1, 0.15) is 22.9 Å². The molecule has 0 fully saturated rings. The number of nitrogen functional groups attached to an aromatic ring is 1. The van der Waals surface area contributed by atoms with Crippen LogP contribution in [0.5, 0.6) is 0 Å². The van der Waals surface area contributed by atoms with Crippen LogP contribution in [-0.4, -0.2) is 29.5 Å². The van der Waals surface area contributed by atoms with E-state index in [-0.39, 0.29) is 11.8 Å². The summed E-state index contributed by atoms with van der Waals surface area (Å²) >= 11 is 0. The number of pyridine rings is 2. The summed E-state index contributed by atoms with van der Waals surface area (Å²) in [6.45, 7) is 3.86. The van der Waals surface area contributed by atoms with E-state index >= 15 is 0 Å². The number of aryl methyl sites for hydroxylation is 2. The van der Waals surface area contributed by atoms with Crippen molar-refractivity contribution in [3.05, 3.63) is 89.5 Å². The Kier molecular flexibility index (Phi) is 4.82. The summed E-state index contributed by atoms with van der Waals surface area (Å²) in [7, 11) is 0. The van der Waals surface area contributed by atoms with Gasteiger partial charge in [-0.2, -0.15) is 4.52 Å². The predicted octanol–water partition coefficient (Wildman–Crippen LogP) is 4.18. The molecular weight excluding hydrogens is 405 g/mol. The second-order valence-corrected chi connectivity index (χ2v) is 7.60. The zero-order chi connectivity index (χ0) is 22.2. The van der Waals surface area contributed by atoms with Gasteiger partial charge in [0.2, 0.25) is 5.95 Å². The SMILES string of the molecule is Cc1cc(-c2c(-c3ccc(F)cc3)nc(N)n3nc(Cc4cccc(C)n4)nc23)ccn1. The van der Waals surface area contributed by atoms with Crippen LogP contribution in [0.4, 0.5) is 10.3 Å². The van der Waals surface area contributed by atoms with Crippen LogP contribution in [0, 0.1) is 19.7 Å². The third-order valence-corrected chi connectivity index (χ3v) is 5.14. The number of fused-ring (bicyclic) bond motifs is 1. The minimum Gasteiger partial charge on any atom is -0.368 e. The molecule has 4 aromatic heterocycles. The van der Waals surface area contributed by atoms with Crippen molar-refractivity contribution in [1.82, 2.24) is 29.5 Å². The molecule has 0 spiro atoms. The monoisotopic (exact) mass is 425 g/mol. The lowest BCUT2D eigenvalue weighted by molar-refractivity contribution is 0.628. The van der Waals surface area contributed by atoms with E-state index in [2.05, 4.69) is 20.1 Å². The Bertz CT molecular complexity index is 1440. The zero-order valence-corrected chi connectivity index (χ0v) is 17.6. The molecule has 2 N–H and O–H groups in total. The number of nitrogens with zero attached hydrogens (tertiary/aromatic N) is 6. The molecule has 32 heavy (non-hydrogen) atoms. The highest BCUT2D eigenvalue weighted by Gasteiger charge is 2.20. The number of rotatable bonds is 4. The molecule has 158 valence electrons. The minimum atomic E-state index is -0.320. The number of anilines is 1. The Hall–Kier alpha value is -4.20. The summed E-state index contributed by atoms with van der Waals surface area (Å²) in [6.07, 6.45) is 2.20. The van der Waals surface area contributed by atoms with Gasteiger partial charge in [-0.25, -0.2) is 14.4 Å². The molecule has 0 radical (unpaired) electrons. The molecule has 0 unspecified atom stereocenters. The Balaban J connectivity index is 1.74. The normalized spacial score (nSPS) is 11.2. The van der Waals surface area contributed by atoms with E-state index in [1.165, 1.54) is 12.1 Å². The van der Waals surface area contributed by atoms with Gasteiger partial charge in [0.25, 0.3) is 0 Å². The van der Waals surface area contributed by atoms with Gasteiger partial charge in [-0.05, 0) is 67.9 Å². The second kappa shape index (κ2) is 7.81. The molecule has 0 amide bonds.